The van der Waals surface area contributed by atoms with Gasteiger partial charge in [-0.05, 0) is 0 Å². The van der Waals surface area contributed by atoms with Crippen LogP contribution in [0, 0.1) is 12.3 Å². The van der Waals surface area contributed by atoms with Crippen LogP contribution in [0.1, 0.15) is 32.1 Å². The Balaban J connectivity index is 1.54. The molecule has 3 heterocycles. The molecule has 1 N–H and O–H groups in total. The highest BCUT2D eigenvalue weighted by molar-refractivity contribution is 5.77. The van der Waals surface area contributed by atoms with Crippen LogP contribution in [-0.2, 0) is 14.3 Å². The molecule has 1 spiro atoms. The van der Waals surface area contributed by atoms with Gasteiger partial charge in [0.2, 0.25) is 5.91 Å². The third-order valence-corrected chi connectivity index (χ3v) is 4.54. The Hall–Kier alpha value is -1.49. The van der Waals surface area contributed by atoms with E-state index in [1.807, 2.05) is 0 Å². The van der Waals surface area contributed by atoms with E-state index in [9.17, 15) is 9.90 Å². The lowest BCUT2D eigenvalue weighted by Gasteiger charge is -2.24. The van der Waals surface area contributed by atoms with Crippen LogP contribution in [0.25, 0.3) is 0 Å². The largest absolute Gasteiger partial charge is 0.394 e. The van der Waals surface area contributed by atoms with E-state index in [0.717, 1.165) is 0 Å². The van der Waals surface area contributed by atoms with Gasteiger partial charge >= 0.3 is 0 Å². The van der Waals surface area contributed by atoms with Crippen LogP contribution in [0.5, 0.6) is 0 Å². The van der Waals surface area contributed by atoms with Gasteiger partial charge in [0, 0.05) is 32.1 Å². The summed E-state index contributed by atoms with van der Waals surface area (Å²) in [5, 5.41) is 17.6. The van der Waals surface area contributed by atoms with Crippen LogP contribution in [0.4, 0.5) is 0 Å². The van der Waals surface area contributed by atoms with E-state index in [1.54, 1.807) is 4.90 Å². The Morgan fingerprint density at radius 1 is 1.36 bits per heavy atom. The Morgan fingerprint density at radius 2 is 2.09 bits per heavy atom. The number of hydrogen-bond donors (Lipinski definition) is 1. The lowest BCUT2D eigenvalue weighted by Crippen LogP contribution is -2.40. The molecule has 0 aromatic carbocycles. The summed E-state index contributed by atoms with van der Waals surface area (Å²) in [4.78, 5) is 14.2. The minimum absolute atomic E-state index is 0.0209. The third-order valence-electron chi connectivity index (χ3n) is 4.54. The maximum atomic E-state index is 12.5. The zero-order valence-corrected chi connectivity index (χ0v) is 12.5. The number of aliphatic hydroxyl groups is 1. The lowest BCUT2D eigenvalue weighted by molar-refractivity contribution is -0.152. The highest BCUT2D eigenvalue weighted by atomic mass is 16.7. The van der Waals surface area contributed by atoms with Gasteiger partial charge in [0.15, 0.2) is 11.4 Å². The second-order valence-electron chi connectivity index (χ2n) is 6.06. The molecule has 0 radical (unpaired) electrons. The Kier molecular flexibility index (Phi) is 4.17. The maximum absolute atomic E-state index is 12.5. The Morgan fingerprint density at radius 3 is 2.68 bits per heavy atom. The van der Waals surface area contributed by atoms with Crippen LogP contribution < -0.4 is 0 Å². The fraction of sp³-hybridized carbons (Fsp3) is 0.800. The smallest absolute Gasteiger partial charge is 0.223 e. The van der Waals surface area contributed by atoms with E-state index >= 15 is 0 Å². The van der Waals surface area contributed by atoms with Crippen molar-refractivity contribution in [2.24, 2.45) is 10.2 Å². The summed E-state index contributed by atoms with van der Waals surface area (Å²) in [7, 11) is 0. The minimum Gasteiger partial charge on any atom is -0.394 e. The summed E-state index contributed by atoms with van der Waals surface area (Å²) in [6.45, 7) is 1.36. The van der Waals surface area contributed by atoms with Gasteiger partial charge < -0.3 is 19.5 Å². The molecule has 1 atom stereocenters. The van der Waals surface area contributed by atoms with Crippen LogP contribution in [0.15, 0.2) is 10.2 Å². The highest BCUT2D eigenvalue weighted by Gasteiger charge is 2.50. The first-order valence-corrected chi connectivity index (χ1v) is 7.68. The van der Waals surface area contributed by atoms with Crippen molar-refractivity contribution in [3.05, 3.63) is 0 Å². The molecule has 7 nitrogen and oxygen atoms in total. The fourth-order valence-corrected chi connectivity index (χ4v) is 3.20. The Labute approximate surface area is 129 Å². The molecular formula is C15H21N3O4. The first-order chi connectivity index (χ1) is 10.6. The molecule has 3 aliphatic heterocycles. The van der Waals surface area contributed by atoms with E-state index in [1.165, 1.54) is 0 Å². The van der Waals surface area contributed by atoms with Crippen molar-refractivity contribution < 1.29 is 19.4 Å². The molecule has 120 valence electrons. The van der Waals surface area contributed by atoms with Crippen molar-refractivity contribution in [3.8, 4) is 12.3 Å². The second kappa shape index (κ2) is 5.95. The molecule has 3 aliphatic rings. The van der Waals surface area contributed by atoms with Crippen molar-refractivity contribution in [2.45, 2.75) is 49.6 Å². The number of carbonyl (C=O) groups excluding carboxylic acids is 1. The molecule has 2 saturated heterocycles. The summed E-state index contributed by atoms with van der Waals surface area (Å²) in [6.07, 6.45) is 7.98. The van der Waals surface area contributed by atoms with Crippen molar-refractivity contribution in [1.82, 2.24) is 4.90 Å². The predicted octanol–water partition coefficient (Wildman–Crippen LogP) is 0.678. The zero-order valence-electron chi connectivity index (χ0n) is 12.5. The molecule has 22 heavy (non-hydrogen) atoms. The second-order valence-corrected chi connectivity index (χ2v) is 6.06. The van der Waals surface area contributed by atoms with E-state index in [-0.39, 0.29) is 18.6 Å². The third kappa shape index (κ3) is 3.00. The molecule has 1 amide bonds. The van der Waals surface area contributed by atoms with Crippen LogP contribution in [0.2, 0.25) is 0 Å². The molecule has 7 heteroatoms. The van der Waals surface area contributed by atoms with E-state index in [4.69, 9.17) is 15.9 Å². The lowest BCUT2D eigenvalue weighted by atomic mass is 10.0. The van der Waals surface area contributed by atoms with Crippen molar-refractivity contribution in [1.29, 1.82) is 0 Å². The van der Waals surface area contributed by atoms with Crippen molar-refractivity contribution >= 4 is 5.91 Å². The average Bonchev–Trinajstić information content (AvgIpc) is 3.00. The molecule has 3 rings (SSSR count). The number of aliphatic hydroxyl groups excluding tert-OH is 1. The van der Waals surface area contributed by atoms with Gasteiger partial charge in [-0.2, -0.15) is 10.2 Å². The molecule has 0 aliphatic carbocycles. The summed E-state index contributed by atoms with van der Waals surface area (Å²) < 4.78 is 11.3. The van der Waals surface area contributed by atoms with Crippen molar-refractivity contribution in [3.63, 3.8) is 0 Å². The summed E-state index contributed by atoms with van der Waals surface area (Å²) in [5.74, 6) is 1.83. The zero-order chi connectivity index (χ0) is 15.6. The standard InChI is InChI=1S/C15H21N3O4/c1-2-3-5-14(16-17-14)6-4-13(20)18-11-15(9-12(18)10-19)21-7-8-22-15/h1,12,19H,3-11H2/t12-/m1/s1. The van der Waals surface area contributed by atoms with Crippen LogP contribution in [0.3, 0.4) is 0 Å². The molecular weight excluding hydrogens is 286 g/mol. The molecule has 2 fully saturated rings. The van der Waals surface area contributed by atoms with E-state index in [2.05, 4.69) is 16.1 Å². The molecule has 0 aromatic heterocycles. The SMILES string of the molecule is C#CCCC1(CCC(=O)N2CC3(C[C@@H]2CO)OCCO3)N=N1. The number of rotatable bonds is 6. The van der Waals surface area contributed by atoms with Gasteiger partial charge in [-0.15, -0.1) is 12.3 Å². The predicted molar refractivity (Wildman–Crippen MR) is 76.7 cm³/mol. The summed E-state index contributed by atoms with van der Waals surface area (Å²) in [6, 6.07) is -0.250. The van der Waals surface area contributed by atoms with Gasteiger partial charge in [0.25, 0.3) is 0 Å². The maximum Gasteiger partial charge on any atom is 0.223 e. The molecule has 0 saturated carbocycles. The van der Waals surface area contributed by atoms with Gasteiger partial charge in [-0.3, -0.25) is 4.79 Å². The first kappa shape index (κ1) is 15.4. The number of amides is 1. The molecule has 0 unspecified atom stereocenters. The van der Waals surface area contributed by atoms with Gasteiger partial charge in [-0.25, -0.2) is 0 Å². The highest BCUT2D eigenvalue weighted by Crippen LogP contribution is 2.39. The van der Waals surface area contributed by atoms with Gasteiger partial charge in [-0.1, -0.05) is 0 Å². The molecule has 0 aromatic rings. The fourth-order valence-electron chi connectivity index (χ4n) is 3.20. The van der Waals surface area contributed by atoms with Crippen LogP contribution >= 0.6 is 0 Å². The average molecular weight is 307 g/mol. The number of terminal acetylenes is 1. The topological polar surface area (TPSA) is 83.7 Å². The number of hydrogen-bond acceptors (Lipinski definition) is 6. The minimum atomic E-state index is -0.724. The summed E-state index contributed by atoms with van der Waals surface area (Å²) >= 11 is 0. The van der Waals surface area contributed by atoms with E-state index < -0.39 is 11.4 Å². The van der Waals surface area contributed by atoms with Crippen molar-refractivity contribution in [2.75, 3.05) is 26.4 Å². The van der Waals surface area contributed by atoms with Gasteiger partial charge in [0.05, 0.1) is 32.4 Å². The van der Waals surface area contributed by atoms with E-state index in [0.29, 0.717) is 51.9 Å². The normalized spacial score (nSPS) is 27.3. The summed E-state index contributed by atoms with van der Waals surface area (Å²) in [5.41, 5.74) is -0.450. The number of carbonyl (C=O) groups is 1. The number of ether oxygens (including phenoxy) is 2. The van der Waals surface area contributed by atoms with Crippen LogP contribution in [-0.4, -0.2) is 59.8 Å². The quantitative estimate of drug-likeness (QED) is 0.731. The molecule has 0 bridgehead atoms. The Bertz CT molecular complexity index is 501. The van der Waals surface area contributed by atoms with Gasteiger partial charge in [0.1, 0.15) is 0 Å². The monoisotopic (exact) mass is 307 g/mol. The first-order valence-electron chi connectivity index (χ1n) is 7.68. The number of likely N-dealkylation sites (tertiary alicyclic amines) is 1. The number of nitrogens with zero attached hydrogens (tertiary/aromatic N) is 3.